The van der Waals surface area contributed by atoms with Crippen molar-refractivity contribution in [1.29, 1.82) is 0 Å². The largest absolute Gasteiger partial charge is 0.379 e. The highest BCUT2D eigenvalue weighted by Crippen LogP contribution is 2.26. The standard InChI is InChI=1S/C17H24N2O2/c1-12-9-10-19(11-16(12)21-2)17(20)15-8-7-13-5-3-4-6-14(13)18-15/h3-6,12,15-16,18H,7-11H2,1-2H3. The van der Waals surface area contributed by atoms with Crippen LogP contribution in [0.15, 0.2) is 24.3 Å². The molecule has 1 aromatic rings. The number of carbonyl (C=O) groups is 1. The van der Waals surface area contributed by atoms with Gasteiger partial charge in [-0.25, -0.2) is 0 Å². The second kappa shape index (κ2) is 6.06. The van der Waals surface area contributed by atoms with Crippen LogP contribution in [-0.4, -0.2) is 43.2 Å². The first-order valence-corrected chi connectivity index (χ1v) is 7.85. The highest BCUT2D eigenvalue weighted by molar-refractivity contribution is 5.85. The van der Waals surface area contributed by atoms with E-state index in [4.69, 9.17) is 4.74 Å². The van der Waals surface area contributed by atoms with Gasteiger partial charge in [0, 0.05) is 25.9 Å². The van der Waals surface area contributed by atoms with Crippen LogP contribution in [0, 0.1) is 5.92 Å². The molecule has 4 heteroatoms. The molecule has 2 aliphatic rings. The molecular weight excluding hydrogens is 264 g/mol. The zero-order chi connectivity index (χ0) is 14.8. The van der Waals surface area contributed by atoms with E-state index in [2.05, 4.69) is 30.4 Å². The van der Waals surface area contributed by atoms with Gasteiger partial charge in [0.15, 0.2) is 0 Å². The number of para-hydroxylation sites is 1. The van der Waals surface area contributed by atoms with E-state index in [-0.39, 0.29) is 18.1 Å². The molecule has 1 amide bonds. The van der Waals surface area contributed by atoms with Crippen LogP contribution in [0.25, 0.3) is 0 Å². The molecule has 1 fully saturated rings. The van der Waals surface area contributed by atoms with Crippen molar-refractivity contribution in [3.05, 3.63) is 29.8 Å². The maximum absolute atomic E-state index is 12.7. The molecule has 114 valence electrons. The number of methoxy groups -OCH3 is 1. The minimum Gasteiger partial charge on any atom is -0.379 e. The van der Waals surface area contributed by atoms with Gasteiger partial charge in [0.1, 0.15) is 6.04 Å². The molecule has 3 atom stereocenters. The molecule has 0 radical (unpaired) electrons. The van der Waals surface area contributed by atoms with Crippen molar-refractivity contribution in [2.45, 2.75) is 38.3 Å². The number of aryl methyl sites for hydroxylation is 1. The Morgan fingerprint density at radius 1 is 1.33 bits per heavy atom. The third-order valence-electron chi connectivity index (χ3n) is 4.85. The second-order valence-corrected chi connectivity index (χ2v) is 6.22. The fourth-order valence-electron chi connectivity index (χ4n) is 3.39. The van der Waals surface area contributed by atoms with Crippen LogP contribution in [0.3, 0.4) is 0 Å². The Balaban J connectivity index is 1.67. The summed E-state index contributed by atoms with van der Waals surface area (Å²) < 4.78 is 5.51. The molecule has 2 aliphatic heterocycles. The van der Waals surface area contributed by atoms with Gasteiger partial charge in [0.25, 0.3) is 0 Å². The van der Waals surface area contributed by atoms with Crippen LogP contribution < -0.4 is 5.32 Å². The fraction of sp³-hybridized carbons (Fsp3) is 0.588. The van der Waals surface area contributed by atoms with Crippen molar-refractivity contribution in [1.82, 2.24) is 4.90 Å². The van der Waals surface area contributed by atoms with Crippen molar-refractivity contribution >= 4 is 11.6 Å². The number of amides is 1. The monoisotopic (exact) mass is 288 g/mol. The van der Waals surface area contributed by atoms with Gasteiger partial charge in [0.2, 0.25) is 5.91 Å². The number of rotatable bonds is 2. The van der Waals surface area contributed by atoms with Gasteiger partial charge in [-0.05, 0) is 36.8 Å². The van der Waals surface area contributed by atoms with E-state index in [9.17, 15) is 4.79 Å². The number of anilines is 1. The summed E-state index contributed by atoms with van der Waals surface area (Å²) >= 11 is 0. The van der Waals surface area contributed by atoms with E-state index in [0.29, 0.717) is 5.92 Å². The van der Waals surface area contributed by atoms with E-state index < -0.39 is 0 Å². The van der Waals surface area contributed by atoms with Crippen LogP contribution in [0.2, 0.25) is 0 Å². The molecule has 1 N–H and O–H groups in total. The van der Waals surface area contributed by atoms with Crippen molar-refractivity contribution in [3.63, 3.8) is 0 Å². The van der Waals surface area contributed by atoms with Gasteiger partial charge in [-0.1, -0.05) is 25.1 Å². The maximum atomic E-state index is 12.7. The van der Waals surface area contributed by atoms with E-state index in [0.717, 1.165) is 38.0 Å². The Morgan fingerprint density at radius 3 is 2.95 bits per heavy atom. The summed E-state index contributed by atoms with van der Waals surface area (Å²) in [7, 11) is 1.74. The smallest absolute Gasteiger partial charge is 0.245 e. The highest BCUT2D eigenvalue weighted by atomic mass is 16.5. The highest BCUT2D eigenvalue weighted by Gasteiger charge is 2.33. The lowest BCUT2D eigenvalue weighted by Crippen LogP contribution is -2.52. The predicted molar refractivity (Wildman–Crippen MR) is 83.3 cm³/mol. The summed E-state index contributed by atoms with van der Waals surface area (Å²) in [6, 6.07) is 8.17. The van der Waals surface area contributed by atoms with Gasteiger partial charge in [-0.3, -0.25) is 4.79 Å². The number of carbonyl (C=O) groups excluding carboxylic acids is 1. The van der Waals surface area contributed by atoms with Crippen LogP contribution in [0.1, 0.15) is 25.3 Å². The first-order chi connectivity index (χ1) is 10.2. The topological polar surface area (TPSA) is 41.6 Å². The van der Waals surface area contributed by atoms with Gasteiger partial charge in [-0.15, -0.1) is 0 Å². The summed E-state index contributed by atoms with van der Waals surface area (Å²) in [5.74, 6) is 0.748. The van der Waals surface area contributed by atoms with Crippen molar-refractivity contribution in [2.24, 2.45) is 5.92 Å². The van der Waals surface area contributed by atoms with Crippen molar-refractivity contribution < 1.29 is 9.53 Å². The lowest BCUT2D eigenvalue weighted by atomic mass is 9.93. The molecule has 1 aromatic carbocycles. The van der Waals surface area contributed by atoms with Gasteiger partial charge in [-0.2, -0.15) is 0 Å². The average Bonchev–Trinajstić information content (AvgIpc) is 2.54. The molecular formula is C17H24N2O2. The van der Waals surface area contributed by atoms with Crippen molar-refractivity contribution in [2.75, 3.05) is 25.5 Å². The molecule has 0 saturated carbocycles. The Bertz CT molecular complexity index is 517. The number of nitrogens with one attached hydrogen (secondary N) is 1. The van der Waals surface area contributed by atoms with E-state index in [1.165, 1.54) is 5.56 Å². The summed E-state index contributed by atoms with van der Waals surface area (Å²) in [6.45, 7) is 3.76. The first-order valence-electron chi connectivity index (χ1n) is 7.85. The SMILES string of the molecule is COC1CN(C(=O)C2CCc3ccccc3N2)CCC1C. The normalized spacial score (nSPS) is 28.7. The molecule has 3 unspecified atom stereocenters. The van der Waals surface area contributed by atoms with Crippen LogP contribution in [-0.2, 0) is 16.0 Å². The molecule has 21 heavy (non-hydrogen) atoms. The number of ether oxygens (including phenoxy) is 1. The molecule has 0 spiro atoms. The van der Waals surface area contributed by atoms with E-state index in [1.54, 1.807) is 7.11 Å². The molecule has 0 aliphatic carbocycles. The third-order valence-corrected chi connectivity index (χ3v) is 4.85. The molecule has 4 nitrogen and oxygen atoms in total. The Hall–Kier alpha value is -1.55. The Morgan fingerprint density at radius 2 is 2.14 bits per heavy atom. The maximum Gasteiger partial charge on any atom is 0.245 e. The lowest BCUT2D eigenvalue weighted by Gasteiger charge is -2.39. The number of hydrogen-bond acceptors (Lipinski definition) is 3. The van der Waals surface area contributed by atoms with Crippen LogP contribution in [0.5, 0.6) is 0 Å². The number of nitrogens with zero attached hydrogens (tertiary/aromatic N) is 1. The summed E-state index contributed by atoms with van der Waals surface area (Å²) in [6.07, 6.45) is 3.03. The molecule has 2 heterocycles. The first kappa shape index (κ1) is 14.4. The fourth-order valence-corrected chi connectivity index (χ4v) is 3.39. The number of benzene rings is 1. The number of likely N-dealkylation sites (tertiary alicyclic amines) is 1. The minimum atomic E-state index is -0.0918. The summed E-state index contributed by atoms with van der Waals surface area (Å²) in [5.41, 5.74) is 2.42. The van der Waals surface area contributed by atoms with E-state index in [1.807, 2.05) is 11.0 Å². The second-order valence-electron chi connectivity index (χ2n) is 6.22. The minimum absolute atomic E-state index is 0.0918. The number of piperidine rings is 1. The molecule has 0 bridgehead atoms. The van der Waals surface area contributed by atoms with Gasteiger partial charge >= 0.3 is 0 Å². The summed E-state index contributed by atoms with van der Waals surface area (Å²) in [4.78, 5) is 14.7. The predicted octanol–water partition coefficient (Wildman–Crippen LogP) is 2.30. The third kappa shape index (κ3) is 2.91. The van der Waals surface area contributed by atoms with Gasteiger partial charge in [0.05, 0.1) is 6.10 Å². The zero-order valence-corrected chi connectivity index (χ0v) is 12.8. The van der Waals surface area contributed by atoms with Crippen molar-refractivity contribution in [3.8, 4) is 0 Å². The number of hydrogen-bond donors (Lipinski definition) is 1. The quantitative estimate of drug-likeness (QED) is 0.908. The average molecular weight is 288 g/mol. The number of fused-ring (bicyclic) bond motifs is 1. The molecule has 3 rings (SSSR count). The Labute approximate surface area is 126 Å². The van der Waals surface area contributed by atoms with Gasteiger partial charge < -0.3 is 15.0 Å². The van der Waals surface area contributed by atoms with E-state index >= 15 is 0 Å². The Kier molecular flexibility index (Phi) is 4.15. The molecule has 1 saturated heterocycles. The zero-order valence-electron chi connectivity index (χ0n) is 12.8. The lowest BCUT2D eigenvalue weighted by molar-refractivity contribution is -0.137. The van der Waals surface area contributed by atoms with Crippen LogP contribution in [0.4, 0.5) is 5.69 Å². The summed E-state index contributed by atoms with van der Waals surface area (Å²) in [5, 5.41) is 3.41. The molecule has 0 aromatic heterocycles. The van der Waals surface area contributed by atoms with Crippen LogP contribution >= 0.6 is 0 Å².